The Morgan fingerprint density at radius 2 is 0.781 bits per heavy atom. The van der Waals surface area contributed by atoms with Crippen molar-refractivity contribution in [3.05, 3.63) is 0 Å². The van der Waals surface area contributed by atoms with Crippen molar-refractivity contribution in [2.75, 3.05) is 119 Å². The van der Waals surface area contributed by atoms with Gasteiger partial charge in [0.05, 0.1) is 32.5 Å². The second-order valence-electron chi connectivity index (χ2n) is 13.0. The molecule has 0 rings (SSSR count). The van der Waals surface area contributed by atoms with Gasteiger partial charge in [-0.05, 0) is 99.5 Å². The minimum Gasteiger partial charge on any atom is -0.450 e. The van der Waals surface area contributed by atoms with Crippen LogP contribution in [0.4, 0.5) is 4.79 Å². The van der Waals surface area contributed by atoms with Gasteiger partial charge >= 0.3 is 12.2 Å². The number of rotatable bonds is 35. The molecule has 15 nitrogen and oxygen atoms in total. The number of hydrogen-bond acceptors (Lipinski definition) is 14. The predicted molar refractivity (Wildman–Crippen MR) is 327 cm³/mol. The van der Waals surface area contributed by atoms with Gasteiger partial charge in [0, 0.05) is 72.6 Å². The van der Waals surface area contributed by atoms with Gasteiger partial charge in [0.2, 0.25) is 0 Å². The number of alkyl carbamates (subject to hydrolysis) is 1. The summed E-state index contributed by atoms with van der Waals surface area (Å²) < 4.78 is 45.3. The second-order valence-corrected chi connectivity index (χ2v) is 13.0. The number of hydrogen-bond donors (Lipinski definition) is 3. The molecule has 0 aliphatic carbocycles. The van der Waals surface area contributed by atoms with E-state index in [1.807, 2.05) is 55.4 Å². The topological polar surface area (TPSA) is 179 Å². The third-order valence-corrected chi connectivity index (χ3v) is 7.00. The van der Waals surface area contributed by atoms with E-state index < -0.39 is 0 Å². The first kappa shape index (κ1) is 124. The lowest BCUT2D eigenvalue weighted by molar-refractivity contribution is -0.191. The van der Waals surface area contributed by atoms with Crippen LogP contribution in [0.25, 0.3) is 0 Å². The summed E-state index contributed by atoms with van der Waals surface area (Å²) in [4.78, 5) is 26.7. The van der Waals surface area contributed by atoms with Gasteiger partial charge in [-0.15, -0.1) is 0 Å². The highest BCUT2D eigenvalue weighted by Crippen LogP contribution is 2.03. The van der Waals surface area contributed by atoms with Crippen molar-refractivity contribution in [1.82, 2.24) is 10.6 Å². The lowest BCUT2D eigenvalue weighted by Crippen LogP contribution is -2.23. The lowest BCUT2D eigenvalue weighted by atomic mass is 10.1. The molecule has 0 aliphatic heterocycles. The van der Waals surface area contributed by atoms with Crippen molar-refractivity contribution >= 4 is 12.2 Å². The first-order valence-electron chi connectivity index (χ1n) is 24.5. The highest BCUT2D eigenvalue weighted by molar-refractivity contribution is 5.66. The Kier molecular flexibility index (Phi) is 256. The standard InChI is InChI=1S/C9H20O2.C8H18O3.C8H18O2.C6H13NO2.C6H15NO.C5H12O.C5H12.CO2.10CH4/c1-3-9(10)7-5-6-8-11-4-2;1-3-5-10-6-7-11-8-9-4-2;1-3-5-6-7-10-8-9-4-2;1-3-5-9-6(8)7-4-2;1-3-7-5-6-8-4-2;1-3-5-6-4-2;1-3-5-4-2;2-1-3;;;;;;;;;;/h9-10H,3-8H2,1-2H3;3-8H2,1-2H3;3-8H2,1-2H3;3-5H2,1-2H3,(H,7,8);7H,3-6H2,1-2H3;3-5H2,1-2H3;3-5H2,1-2H3;;10*1H4. The first-order valence-corrected chi connectivity index (χ1v) is 24.5. The normalized spacial score (nSPS) is 8.53. The number of ether oxygens (including phenoxy) is 9. The van der Waals surface area contributed by atoms with Crippen molar-refractivity contribution in [3.8, 4) is 0 Å². The molecule has 0 aromatic heterocycles. The average Bonchev–Trinajstić information content (AvgIpc) is 3.29. The molecule has 15 heteroatoms. The third kappa shape index (κ3) is 212. The van der Waals surface area contributed by atoms with Crippen molar-refractivity contribution in [3.63, 3.8) is 0 Å². The Bertz CT molecular complexity index is 685. The first-order chi connectivity index (χ1) is 30.6. The Balaban J connectivity index is -0.0000000296. The van der Waals surface area contributed by atoms with E-state index in [0.29, 0.717) is 46.6 Å². The molecule has 0 spiro atoms. The largest absolute Gasteiger partial charge is 0.450 e. The molecule has 0 radical (unpaired) electrons. The van der Waals surface area contributed by atoms with Crippen LogP contribution >= 0.6 is 0 Å². The number of nitrogens with one attached hydrogen (secondary N) is 2. The van der Waals surface area contributed by atoms with Gasteiger partial charge in [-0.25, -0.2) is 4.79 Å². The molecule has 0 saturated heterocycles. The third-order valence-electron chi connectivity index (χ3n) is 7.00. The maximum Gasteiger partial charge on any atom is 0.407 e. The minimum atomic E-state index is -0.320. The molecule has 73 heavy (non-hydrogen) atoms. The van der Waals surface area contributed by atoms with Crippen molar-refractivity contribution in [2.45, 2.75) is 261 Å². The van der Waals surface area contributed by atoms with Crippen molar-refractivity contribution in [2.24, 2.45) is 0 Å². The molecule has 3 N–H and O–H groups in total. The molecule has 0 aromatic carbocycles. The van der Waals surface area contributed by atoms with Crippen LogP contribution in [0.15, 0.2) is 0 Å². The van der Waals surface area contributed by atoms with E-state index in [1.165, 1.54) is 32.1 Å². The molecule has 0 bridgehead atoms. The van der Waals surface area contributed by atoms with E-state index in [1.54, 1.807) is 0 Å². The van der Waals surface area contributed by atoms with Crippen LogP contribution in [0.3, 0.4) is 0 Å². The predicted octanol–water partition coefficient (Wildman–Crippen LogP) is 16.8. The molecule has 0 fully saturated rings. The zero-order chi connectivity index (χ0) is 49.6. The molecule has 1 amide bonds. The summed E-state index contributed by atoms with van der Waals surface area (Å²) >= 11 is 0. The zero-order valence-corrected chi connectivity index (χ0v) is 43.8. The number of carbonyl (C=O) groups excluding carboxylic acids is 3. The SMILES string of the molecule is C.C.C.C.C.C.C.C.C.C.CCCCC.CCCCCOCOCC.CCCOC(=O)NCC.CCCOCC.CCCOCCOCOCC.CCNCCOCC.CCOCCCCC(O)CC.O=C=O. The summed E-state index contributed by atoms with van der Waals surface area (Å²) in [6.07, 6.45) is 14.6. The minimum absolute atomic E-state index is 0. The number of carbonyl (C=O) groups is 1. The van der Waals surface area contributed by atoms with E-state index in [9.17, 15) is 9.90 Å². The maximum absolute atomic E-state index is 10.5. The lowest BCUT2D eigenvalue weighted by Gasteiger charge is -2.06. The maximum atomic E-state index is 10.5. The highest BCUT2D eigenvalue weighted by Gasteiger charge is 1.99. The summed E-state index contributed by atoms with van der Waals surface area (Å²) in [5, 5.41) is 14.9. The number of amides is 1. The number of likely N-dealkylation sites (N-methyl/N-ethyl adjacent to an activating group) is 1. The Hall–Kier alpha value is -1.75. The van der Waals surface area contributed by atoms with E-state index in [-0.39, 0.29) is 92.6 Å². The fourth-order valence-electron chi connectivity index (χ4n) is 3.65. The summed E-state index contributed by atoms with van der Waals surface area (Å²) in [5.41, 5.74) is 0. The van der Waals surface area contributed by atoms with Crippen molar-refractivity contribution in [1.29, 1.82) is 0 Å². The average molecular weight is 1080 g/mol. The second kappa shape index (κ2) is 151. The van der Waals surface area contributed by atoms with Gasteiger partial charge in [-0.1, -0.05) is 162 Å². The number of aliphatic hydroxyl groups excluding tert-OH is 1. The number of aliphatic hydroxyl groups is 1. The summed E-state index contributed by atoms with van der Waals surface area (Å²) in [6.45, 7) is 42.1. The van der Waals surface area contributed by atoms with Gasteiger partial charge in [0.25, 0.3) is 0 Å². The zero-order valence-electron chi connectivity index (χ0n) is 43.8. The summed E-state index contributed by atoms with van der Waals surface area (Å²) in [5.74, 6) is 0. The molecular formula is C58H148N2O13. The quantitative estimate of drug-likeness (QED) is 0.0403. The van der Waals surface area contributed by atoms with E-state index >= 15 is 0 Å². The van der Waals surface area contributed by atoms with Gasteiger partial charge in [-0.3, -0.25) is 0 Å². The van der Waals surface area contributed by atoms with Crippen LogP contribution in [-0.2, 0) is 52.2 Å². The fourth-order valence-corrected chi connectivity index (χ4v) is 3.65. The molecule has 0 aromatic rings. The van der Waals surface area contributed by atoms with E-state index in [0.717, 1.165) is 124 Å². The van der Waals surface area contributed by atoms with Crippen LogP contribution < -0.4 is 10.6 Å². The Morgan fingerprint density at radius 3 is 1.14 bits per heavy atom. The summed E-state index contributed by atoms with van der Waals surface area (Å²) in [6, 6.07) is 0. The molecule has 468 valence electrons. The van der Waals surface area contributed by atoms with Gasteiger partial charge < -0.3 is 58.4 Å². The summed E-state index contributed by atoms with van der Waals surface area (Å²) in [7, 11) is 0. The van der Waals surface area contributed by atoms with Gasteiger partial charge in [-0.2, -0.15) is 9.59 Å². The monoisotopic (exact) mass is 1080 g/mol. The molecule has 0 aliphatic rings. The van der Waals surface area contributed by atoms with E-state index in [4.69, 9.17) is 47.5 Å². The molecule has 1 atom stereocenters. The van der Waals surface area contributed by atoms with Crippen LogP contribution in [0.1, 0.15) is 255 Å². The van der Waals surface area contributed by atoms with Gasteiger partial charge in [0.1, 0.15) is 13.6 Å². The molecule has 1 unspecified atom stereocenters. The number of unbranched alkanes of at least 4 members (excludes halogenated alkanes) is 5. The smallest absolute Gasteiger partial charge is 0.407 e. The molecular weight excluding hydrogens is 933 g/mol. The van der Waals surface area contributed by atoms with Crippen LogP contribution in [0.5, 0.6) is 0 Å². The van der Waals surface area contributed by atoms with E-state index in [2.05, 4.69) is 56.9 Å². The van der Waals surface area contributed by atoms with Gasteiger partial charge in [0.15, 0.2) is 0 Å². The van der Waals surface area contributed by atoms with Crippen LogP contribution in [0, 0.1) is 0 Å². The van der Waals surface area contributed by atoms with Crippen molar-refractivity contribution < 1.29 is 62.1 Å². The van der Waals surface area contributed by atoms with Crippen LogP contribution in [-0.4, -0.2) is 143 Å². The Morgan fingerprint density at radius 1 is 0.411 bits per heavy atom. The molecule has 0 heterocycles. The highest BCUT2D eigenvalue weighted by atomic mass is 16.7. The molecule has 0 saturated carbocycles. The fraction of sp³-hybridized carbons (Fsp3) is 0.966. The van der Waals surface area contributed by atoms with Crippen LogP contribution in [0.2, 0.25) is 0 Å². The Labute approximate surface area is 463 Å².